The van der Waals surface area contributed by atoms with Gasteiger partial charge in [-0.2, -0.15) is 0 Å². The van der Waals surface area contributed by atoms with E-state index in [1.807, 2.05) is 4.90 Å². The standard InChI is InChI=1S/C16H19FN4O2S.ClH/c17-15-10-13(3-4-16(15)21-8-6-18-7-9-21)11-20-24(22,23)14-2-1-5-19-12-14;/h1-5,10,12,18,20H,6-9,11H2;1H. The topological polar surface area (TPSA) is 74.3 Å². The lowest BCUT2D eigenvalue weighted by Crippen LogP contribution is -2.43. The molecule has 1 fully saturated rings. The van der Waals surface area contributed by atoms with E-state index >= 15 is 0 Å². The third-order valence-electron chi connectivity index (χ3n) is 3.88. The van der Waals surface area contributed by atoms with Gasteiger partial charge in [-0.1, -0.05) is 6.07 Å². The van der Waals surface area contributed by atoms with Crippen LogP contribution in [0.25, 0.3) is 0 Å². The number of anilines is 1. The van der Waals surface area contributed by atoms with Crippen LogP contribution in [-0.2, 0) is 16.6 Å². The molecule has 2 N–H and O–H groups in total. The molecule has 2 heterocycles. The molecule has 3 rings (SSSR count). The number of sulfonamides is 1. The molecule has 25 heavy (non-hydrogen) atoms. The quantitative estimate of drug-likeness (QED) is 0.815. The number of benzene rings is 1. The van der Waals surface area contributed by atoms with E-state index in [4.69, 9.17) is 0 Å². The molecule has 2 aromatic rings. The zero-order valence-corrected chi connectivity index (χ0v) is 15.1. The van der Waals surface area contributed by atoms with Crippen molar-refractivity contribution in [1.29, 1.82) is 0 Å². The first-order valence-corrected chi connectivity index (χ1v) is 9.18. The summed E-state index contributed by atoms with van der Waals surface area (Å²) in [4.78, 5) is 5.86. The monoisotopic (exact) mass is 386 g/mol. The molecule has 1 aliphatic heterocycles. The highest BCUT2D eigenvalue weighted by Crippen LogP contribution is 2.21. The first kappa shape index (κ1) is 19.6. The van der Waals surface area contributed by atoms with Gasteiger partial charge >= 0.3 is 0 Å². The molecule has 9 heteroatoms. The minimum absolute atomic E-state index is 0. The second kappa shape index (κ2) is 8.57. The van der Waals surface area contributed by atoms with E-state index in [1.165, 1.54) is 24.5 Å². The maximum absolute atomic E-state index is 14.3. The Morgan fingerprint density at radius 2 is 2.00 bits per heavy atom. The molecule has 0 saturated carbocycles. The van der Waals surface area contributed by atoms with Crippen molar-refractivity contribution >= 4 is 28.1 Å². The second-order valence-electron chi connectivity index (χ2n) is 5.54. The fraction of sp³-hybridized carbons (Fsp3) is 0.312. The number of rotatable bonds is 5. The van der Waals surface area contributed by atoms with E-state index in [-0.39, 0.29) is 29.7 Å². The minimum Gasteiger partial charge on any atom is -0.367 e. The van der Waals surface area contributed by atoms with Gasteiger partial charge in [-0.3, -0.25) is 4.98 Å². The highest BCUT2D eigenvalue weighted by molar-refractivity contribution is 7.89. The number of hydrogen-bond donors (Lipinski definition) is 2. The van der Waals surface area contributed by atoms with Gasteiger partial charge in [-0.15, -0.1) is 12.4 Å². The van der Waals surface area contributed by atoms with Crippen molar-refractivity contribution in [3.63, 3.8) is 0 Å². The van der Waals surface area contributed by atoms with Crippen LogP contribution in [0.5, 0.6) is 0 Å². The molecule has 0 spiro atoms. The van der Waals surface area contributed by atoms with Crippen LogP contribution < -0.4 is 14.9 Å². The van der Waals surface area contributed by atoms with Crippen LogP contribution in [-0.4, -0.2) is 39.6 Å². The summed E-state index contributed by atoms with van der Waals surface area (Å²) in [6, 6.07) is 7.84. The van der Waals surface area contributed by atoms with Gasteiger partial charge in [-0.05, 0) is 29.8 Å². The Morgan fingerprint density at radius 3 is 2.64 bits per heavy atom. The van der Waals surface area contributed by atoms with Crippen LogP contribution in [0.1, 0.15) is 5.56 Å². The first-order valence-electron chi connectivity index (χ1n) is 7.70. The van der Waals surface area contributed by atoms with Gasteiger partial charge in [0, 0.05) is 45.1 Å². The summed E-state index contributed by atoms with van der Waals surface area (Å²) in [7, 11) is -3.66. The first-order chi connectivity index (χ1) is 11.6. The number of pyridine rings is 1. The summed E-state index contributed by atoms with van der Waals surface area (Å²) in [6.45, 7) is 3.18. The van der Waals surface area contributed by atoms with Crippen LogP contribution in [0.15, 0.2) is 47.6 Å². The molecule has 1 aliphatic rings. The predicted octanol–water partition coefficient (Wildman–Crippen LogP) is 1.53. The third kappa shape index (κ3) is 4.88. The summed E-state index contributed by atoms with van der Waals surface area (Å²) < 4.78 is 41.1. The lowest BCUT2D eigenvalue weighted by Gasteiger charge is -2.29. The molecule has 0 aliphatic carbocycles. The van der Waals surface area contributed by atoms with E-state index < -0.39 is 10.0 Å². The van der Waals surface area contributed by atoms with Gasteiger partial charge in [0.15, 0.2) is 0 Å². The molecule has 0 bridgehead atoms. The summed E-state index contributed by atoms with van der Waals surface area (Å²) in [6.07, 6.45) is 2.78. The molecule has 0 amide bonds. The van der Waals surface area contributed by atoms with E-state index in [1.54, 1.807) is 18.2 Å². The number of hydrogen-bond acceptors (Lipinski definition) is 5. The maximum Gasteiger partial charge on any atom is 0.242 e. The second-order valence-corrected chi connectivity index (χ2v) is 7.30. The average Bonchev–Trinajstić information content (AvgIpc) is 2.62. The Morgan fingerprint density at radius 1 is 1.24 bits per heavy atom. The SMILES string of the molecule is Cl.O=S(=O)(NCc1ccc(N2CCNCC2)c(F)c1)c1cccnc1. The Hall–Kier alpha value is -1.74. The minimum atomic E-state index is -3.66. The van der Waals surface area contributed by atoms with Crippen molar-refractivity contribution in [3.05, 3.63) is 54.1 Å². The maximum atomic E-state index is 14.3. The van der Waals surface area contributed by atoms with Crippen molar-refractivity contribution in [2.24, 2.45) is 0 Å². The summed E-state index contributed by atoms with van der Waals surface area (Å²) in [5.41, 5.74) is 1.12. The molecule has 1 saturated heterocycles. The van der Waals surface area contributed by atoms with Crippen LogP contribution in [0.2, 0.25) is 0 Å². The van der Waals surface area contributed by atoms with Crippen molar-refractivity contribution in [2.45, 2.75) is 11.4 Å². The van der Waals surface area contributed by atoms with E-state index in [2.05, 4.69) is 15.0 Å². The Kier molecular flexibility index (Phi) is 6.71. The van der Waals surface area contributed by atoms with Crippen LogP contribution in [0, 0.1) is 5.82 Å². The Balaban J connectivity index is 0.00000225. The molecule has 1 aromatic heterocycles. The number of piperazine rings is 1. The van der Waals surface area contributed by atoms with Gasteiger partial charge in [0.1, 0.15) is 10.7 Å². The van der Waals surface area contributed by atoms with Crippen LogP contribution in [0.3, 0.4) is 0 Å². The number of nitrogens with one attached hydrogen (secondary N) is 2. The largest absolute Gasteiger partial charge is 0.367 e. The Bertz CT molecular complexity index is 799. The van der Waals surface area contributed by atoms with Gasteiger partial charge in [0.25, 0.3) is 0 Å². The van der Waals surface area contributed by atoms with E-state index in [9.17, 15) is 12.8 Å². The van der Waals surface area contributed by atoms with E-state index in [0.29, 0.717) is 11.3 Å². The van der Waals surface area contributed by atoms with E-state index in [0.717, 1.165) is 26.2 Å². The van der Waals surface area contributed by atoms with Crippen molar-refractivity contribution in [3.8, 4) is 0 Å². The third-order valence-corrected chi connectivity index (χ3v) is 5.27. The molecule has 1 aromatic carbocycles. The van der Waals surface area contributed by atoms with Crippen molar-refractivity contribution in [1.82, 2.24) is 15.0 Å². The van der Waals surface area contributed by atoms with Crippen molar-refractivity contribution < 1.29 is 12.8 Å². The number of halogens is 2. The smallest absolute Gasteiger partial charge is 0.242 e. The number of aromatic nitrogens is 1. The molecular formula is C16H20ClFN4O2S. The van der Waals surface area contributed by atoms with Crippen LogP contribution >= 0.6 is 12.4 Å². The van der Waals surface area contributed by atoms with Crippen LogP contribution in [0.4, 0.5) is 10.1 Å². The fourth-order valence-electron chi connectivity index (χ4n) is 2.59. The average molecular weight is 387 g/mol. The molecule has 0 radical (unpaired) electrons. The Labute approximate surface area is 152 Å². The summed E-state index contributed by atoms with van der Waals surface area (Å²) >= 11 is 0. The number of nitrogens with zero attached hydrogens (tertiary/aromatic N) is 2. The van der Waals surface area contributed by atoms with Gasteiger partial charge in [0.05, 0.1) is 5.69 Å². The van der Waals surface area contributed by atoms with Gasteiger partial charge < -0.3 is 10.2 Å². The molecule has 136 valence electrons. The normalized spacial score (nSPS) is 14.8. The van der Waals surface area contributed by atoms with Gasteiger partial charge in [-0.25, -0.2) is 17.5 Å². The van der Waals surface area contributed by atoms with Crippen molar-refractivity contribution in [2.75, 3.05) is 31.1 Å². The lowest BCUT2D eigenvalue weighted by atomic mass is 10.1. The zero-order chi connectivity index (χ0) is 17.0. The molecule has 6 nitrogen and oxygen atoms in total. The fourth-order valence-corrected chi connectivity index (χ4v) is 3.57. The zero-order valence-electron chi connectivity index (χ0n) is 13.5. The highest BCUT2D eigenvalue weighted by Gasteiger charge is 2.16. The lowest BCUT2D eigenvalue weighted by molar-refractivity contribution is 0.564. The summed E-state index contributed by atoms with van der Waals surface area (Å²) in [5, 5.41) is 3.22. The highest BCUT2D eigenvalue weighted by atomic mass is 35.5. The molecule has 0 unspecified atom stereocenters. The predicted molar refractivity (Wildman–Crippen MR) is 97.0 cm³/mol. The van der Waals surface area contributed by atoms with Gasteiger partial charge in [0.2, 0.25) is 10.0 Å². The molecular weight excluding hydrogens is 367 g/mol. The molecule has 0 atom stereocenters. The summed E-state index contributed by atoms with van der Waals surface area (Å²) in [5.74, 6) is -0.338.